The van der Waals surface area contributed by atoms with Crippen molar-refractivity contribution < 1.29 is 9.50 Å². The summed E-state index contributed by atoms with van der Waals surface area (Å²) >= 11 is 0. The number of aliphatic hydroxyl groups excluding tert-OH is 1. The van der Waals surface area contributed by atoms with E-state index in [1.807, 2.05) is 43.7 Å². The Morgan fingerprint density at radius 1 is 1.14 bits per heavy atom. The van der Waals surface area contributed by atoms with Crippen molar-refractivity contribution in [2.75, 3.05) is 5.32 Å². The zero-order chi connectivity index (χ0) is 20.0. The lowest BCUT2D eigenvalue weighted by Gasteiger charge is -2.17. The molecule has 3 aromatic heterocycles. The van der Waals surface area contributed by atoms with E-state index in [0.717, 1.165) is 28.2 Å². The number of halogens is 1. The highest BCUT2D eigenvalue weighted by atomic mass is 19.1. The molecule has 1 aliphatic carbocycles. The van der Waals surface area contributed by atoms with Gasteiger partial charge in [0.1, 0.15) is 11.6 Å². The van der Waals surface area contributed by atoms with Gasteiger partial charge in [0.2, 0.25) is 0 Å². The predicted molar refractivity (Wildman–Crippen MR) is 110 cm³/mol. The molecule has 146 valence electrons. The fourth-order valence-corrected chi connectivity index (χ4v) is 3.69. The van der Waals surface area contributed by atoms with Crippen molar-refractivity contribution in [2.24, 2.45) is 0 Å². The normalized spacial score (nSPS) is 14.9. The summed E-state index contributed by atoms with van der Waals surface area (Å²) in [7, 11) is 0. The van der Waals surface area contributed by atoms with E-state index in [9.17, 15) is 9.50 Å². The van der Waals surface area contributed by atoms with Crippen LogP contribution in [0.3, 0.4) is 0 Å². The van der Waals surface area contributed by atoms with E-state index in [1.54, 1.807) is 12.1 Å². The van der Waals surface area contributed by atoms with Crippen LogP contribution in [0.1, 0.15) is 42.1 Å². The largest absolute Gasteiger partial charge is 0.369 e. The third-order valence-electron chi connectivity index (χ3n) is 5.42. The van der Waals surface area contributed by atoms with E-state index in [1.165, 1.54) is 25.0 Å². The number of imidazole rings is 1. The molecule has 1 aliphatic rings. The molecular formula is C23H21FN4O. The van der Waals surface area contributed by atoms with Gasteiger partial charge < -0.3 is 14.8 Å². The molecule has 5 nitrogen and oxygen atoms in total. The second-order valence-electron chi connectivity index (χ2n) is 7.52. The molecule has 1 fully saturated rings. The maximum absolute atomic E-state index is 13.1. The highest BCUT2D eigenvalue weighted by molar-refractivity contribution is 5.80. The third kappa shape index (κ3) is 3.36. The molecule has 0 saturated heterocycles. The second kappa shape index (κ2) is 6.97. The van der Waals surface area contributed by atoms with Crippen LogP contribution in [0.2, 0.25) is 0 Å². The van der Waals surface area contributed by atoms with Crippen LogP contribution in [-0.2, 0) is 0 Å². The molecule has 0 spiro atoms. The van der Waals surface area contributed by atoms with Crippen molar-refractivity contribution in [2.45, 2.75) is 31.9 Å². The minimum Gasteiger partial charge on any atom is -0.369 e. The summed E-state index contributed by atoms with van der Waals surface area (Å²) in [6.45, 7) is 1.86. The zero-order valence-electron chi connectivity index (χ0n) is 16.0. The van der Waals surface area contributed by atoms with Crippen molar-refractivity contribution in [1.29, 1.82) is 0 Å². The van der Waals surface area contributed by atoms with Crippen LogP contribution < -0.4 is 5.32 Å². The van der Waals surface area contributed by atoms with Crippen molar-refractivity contribution in [3.05, 3.63) is 84.0 Å². The van der Waals surface area contributed by atoms with Gasteiger partial charge in [-0.1, -0.05) is 6.07 Å². The monoisotopic (exact) mass is 388 g/mol. The lowest BCUT2D eigenvalue weighted by atomic mass is 10.0. The summed E-state index contributed by atoms with van der Waals surface area (Å²) < 4.78 is 15.3. The molecule has 1 saturated carbocycles. The Hall–Kier alpha value is -3.25. The van der Waals surface area contributed by atoms with Crippen molar-refractivity contribution >= 4 is 11.2 Å². The van der Waals surface area contributed by atoms with Crippen LogP contribution in [0.25, 0.3) is 16.6 Å². The summed E-state index contributed by atoms with van der Waals surface area (Å²) in [5, 5.41) is 13.7. The van der Waals surface area contributed by atoms with Crippen LogP contribution in [0.4, 0.5) is 10.1 Å². The molecule has 5 rings (SSSR count). The van der Waals surface area contributed by atoms with Gasteiger partial charge in [-0.15, -0.1) is 0 Å². The van der Waals surface area contributed by atoms with Crippen LogP contribution in [-0.4, -0.2) is 19.5 Å². The fourth-order valence-electron chi connectivity index (χ4n) is 3.69. The first-order valence-electron chi connectivity index (χ1n) is 9.73. The molecular weight excluding hydrogens is 367 g/mol. The van der Waals surface area contributed by atoms with E-state index in [0.29, 0.717) is 17.2 Å². The number of nitrogens with one attached hydrogen (secondary N) is 1. The Balaban J connectivity index is 1.51. The molecule has 0 bridgehead atoms. The molecule has 3 heterocycles. The Labute approximate surface area is 167 Å². The van der Waals surface area contributed by atoms with Crippen LogP contribution in [0.5, 0.6) is 0 Å². The number of pyridine rings is 2. The first-order chi connectivity index (χ1) is 14.1. The third-order valence-corrected chi connectivity index (χ3v) is 5.42. The summed E-state index contributed by atoms with van der Waals surface area (Å²) in [6.07, 6.45) is 7.21. The molecule has 0 radical (unpaired) electrons. The lowest BCUT2D eigenvalue weighted by Crippen LogP contribution is -2.12. The number of aromatic nitrogens is 3. The molecule has 4 aromatic rings. The quantitative estimate of drug-likeness (QED) is 0.481. The first kappa shape index (κ1) is 17.8. The first-order valence-corrected chi connectivity index (χ1v) is 9.73. The molecule has 1 atom stereocenters. The summed E-state index contributed by atoms with van der Waals surface area (Å²) in [6, 6.07) is 11.9. The van der Waals surface area contributed by atoms with Gasteiger partial charge in [0.25, 0.3) is 0 Å². The predicted octanol–water partition coefficient (Wildman–Crippen LogP) is 4.82. The average Bonchev–Trinajstić information content (AvgIpc) is 3.48. The summed E-state index contributed by atoms with van der Waals surface area (Å²) in [5.74, 6) is 1.35. The van der Waals surface area contributed by atoms with Crippen LogP contribution in [0, 0.1) is 12.7 Å². The van der Waals surface area contributed by atoms with Gasteiger partial charge in [0.05, 0.1) is 11.7 Å². The highest BCUT2D eigenvalue weighted by Gasteiger charge is 2.28. The van der Waals surface area contributed by atoms with E-state index in [-0.39, 0.29) is 5.82 Å². The molecule has 29 heavy (non-hydrogen) atoms. The Morgan fingerprint density at radius 3 is 2.69 bits per heavy atom. The Kier molecular flexibility index (Phi) is 4.28. The van der Waals surface area contributed by atoms with Crippen LogP contribution >= 0.6 is 0 Å². The van der Waals surface area contributed by atoms with Crippen molar-refractivity contribution in [3.8, 4) is 11.1 Å². The standard InChI is InChI=1S/C23H21FN4O/c1-14-20(23(29)27-18-8-6-17(24)7-9-18)11-16(12-25-14)19-3-2-10-28-21(19)13-26-22(28)15-4-5-15/h2-3,6-13,15,23,27,29H,4-5H2,1H3. The Morgan fingerprint density at radius 2 is 1.93 bits per heavy atom. The number of benzene rings is 1. The number of fused-ring (bicyclic) bond motifs is 1. The zero-order valence-corrected chi connectivity index (χ0v) is 16.0. The van der Waals surface area contributed by atoms with Gasteiger partial charge in [-0.3, -0.25) is 4.98 Å². The van der Waals surface area contributed by atoms with E-state index >= 15 is 0 Å². The Bertz CT molecular complexity index is 1180. The molecule has 0 aliphatic heterocycles. The molecule has 1 aromatic carbocycles. The number of aliphatic hydroxyl groups is 1. The SMILES string of the molecule is Cc1ncc(-c2cccn3c(C4CC4)ncc23)cc1C(O)Nc1ccc(F)cc1. The molecule has 0 amide bonds. The van der Waals surface area contributed by atoms with Gasteiger partial charge in [0, 0.05) is 46.4 Å². The topological polar surface area (TPSA) is 62.5 Å². The van der Waals surface area contributed by atoms with Gasteiger partial charge in [-0.2, -0.15) is 0 Å². The summed E-state index contributed by atoms with van der Waals surface area (Å²) in [4.78, 5) is 9.14. The average molecular weight is 388 g/mol. The minimum absolute atomic E-state index is 0.315. The van der Waals surface area contributed by atoms with Gasteiger partial charge in [-0.05, 0) is 56.2 Å². The lowest BCUT2D eigenvalue weighted by molar-refractivity contribution is 0.207. The minimum atomic E-state index is -0.959. The number of anilines is 1. The molecule has 1 unspecified atom stereocenters. The van der Waals surface area contributed by atoms with Crippen molar-refractivity contribution in [1.82, 2.24) is 14.4 Å². The van der Waals surface area contributed by atoms with Gasteiger partial charge >= 0.3 is 0 Å². The number of rotatable bonds is 5. The maximum Gasteiger partial charge on any atom is 0.152 e. The van der Waals surface area contributed by atoms with Gasteiger partial charge in [0.15, 0.2) is 6.23 Å². The number of hydrogen-bond donors (Lipinski definition) is 2. The van der Waals surface area contributed by atoms with E-state index in [4.69, 9.17) is 0 Å². The second-order valence-corrected chi connectivity index (χ2v) is 7.52. The highest BCUT2D eigenvalue weighted by Crippen LogP contribution is 2.40. The van der Waals surface area contributed by atoms with Crippen LogP contribution in [0.15, 0.2) is 61.1 Å². The van der Waals surface area contributed by atoms with E-state index < -0.39 is 6.23 Å². The fraction of sp³-hybridized carbons (Fsp3) is 0.217. The van der Waals surface area contributed by atoms with Crippen molar-refractivity contribution in [3.63, 3.8) is 0 Å². The van der Waals surface area contributed by atoms with Gasteiger partial charge in [-0.25, -0.2) is 9.37 Å². The molecule has 6 heteroatoms. The smallest absolute Gasteiger partial charge is 0.152 e. The maximum atomic E-state index is 13.1. The summed E-state index contributed by atoms with van der Waals surface area (Å²) in [5.41, 5.74) is 5.02. The molecule has 2 N–H and O–H groups in total. The number of hydrogen-bond acceptors (Lipinski definition) is 4. The number of nitrogens with zero attached hydrogens (tertiary/aromatic N) is 3. The van der Waals surface area contributed by atoms with E-state index in [2.05, 4.69) is 19.7 Å². The number of aryl methyl sites for hydroxylation is 1.